The molecule has 0 fully saturated rings. The van der Waals surface area contributed by atoms with Crippen molar-refractivity contribution < 1.29 is 14.4 Å². The van der Waals surface area contributed by atoms with Crippen molar-refractivity contribution >= 4 is 33.9 Å². The van der Waals surface area contributed by atoms with Gasteiger partial charge in [0, 0.05) is 17.2 Å². The van der Waals surface area contributed by atoms with E-state index in [0.29, 0.717) is 0 Å². The van der Waals surface area contributed by atoms with Gasteiger partial charge in [0.25, 0.3) is 11.8 Å². The van der Waals surface area contributed by atoms with Crippen molar-refractivity contribution in [1.29, 1.82) is 0 Å². The van der Waals surface area contributed by atoms with E-state index in [1.807, 2.05) is 91.0 Å². The van der Waals surface area contributed by atoms with Gasteiger partial charge in [-0.1, -0.05) is 91.0 Å². The minimum Gasteiger partial charge on any atom is -0.366 e. The van der Waals surface area contributed by atoms with E-state index >= 15 is 0 Å². The third kappa shape index (κ3) is 5.25. The minimum atomic E-state index is -0.768. The number of amides is 2. The fourth-order valence-corrected chi connectivity index (χ4v) is 4.73. The van der Waals surface area contributed by atoms with Crippen molar-refractivity contribution in [1.82, 2.24) is 0 Å². The molecule has 4 aromatic rings. The smallest absolute Gasteiger partial charge is 0.292 e. The lowest BCUT2D eigenvalue weighted by atomic mass is 9.87. The Labute approximate surface area is 195 Å². The largest absolute Gasteiger partial charge is 0.366 e. The van der Waals surface area contributed by atoms with Crippen molar-refractivity contribution in [3.8, 4) is 10.4 Å². The molecule has 0 atom stereocenters. The highest BCUT2D eigenvalue weighted by Gasteiger charge is 2.25. The summed E-state index contributed by atoms with van der Waals surface area (Å²) in [7, 11) is 0. The number of Topliss-reactive ketones (excluding diaryl/α,β-unsaturated/α-hetero) is 1. The second-order valence-corrected chi connectivity index (χ2v) is 8.59. The van der Waals surface area contributed by atoms with Gasteiger partial charge in [-0.2, -0.15) is 0 Å². The lowest BCUT2D eigenvalue weighted by Crippen LogP contribution is -2.25. The highest BCUT2D eigenvalue weighted by Crippen LogP contribution is 2.35. The Balaban J connectivity index is 1.56. The lowest BCUT2D eigenvalue weighted by molar-refractivity contribution is -0.134. The molecular weight excluding hydrogens is 432 g/mol. The van der Waals surface area contributed by atoms with Gasteiger partial charge >= 0.3 is 0 Å². The van der Waals surface area contributed by atoms with Gasteiger partial charge in [0.15, 0.2) is 0 Å². The Kier molecular flexibility index (Phi) is 6.76. The average molecular weight is 455 g/mol. The Bertz CT molecular complexity index is 1230. The number of nitrogens with two attached hydrogens (primary N) is 1. The number of anilines is 1. The van der Waals surface area contributed by atoms with Crippen molar-refractivity contribution in [2.45, 2.75) is 12.3 Å². The number of rotatable bonds is 8. The quantitative estimate of drug-likeness (QED) is 0.357. The molecule has 6 heteroatoms. The van der Waals surface area contributed by atoms with Crippen molar-refractivity contribution in [3.63, 3.8) is 0 Å². The third-order valence-electron chi connectivity index (χ3n) is 5.33. The summed E-state index contributed by atoms with van der Waals surface area (Å²) in [6, 6.07) is 30.3. The molecule has 4 rings (SSSR count). The molecule has 5 nitrogen and oxygen atoms in total. The normalized spacial score (nSPS) is 10.7. The first kappa shape index (κ1) is 22.2. The van der Waals surface area contributed by atoms with Gasteiger partial charge in [-0.15, -0.1) is 11.3 Å². The van der Waals surface area contributed by atoms with Crippen LogP contribution in [0.25, 0.3) is 10.4 Å². The standard InChI is InChI=1S/C27H22N2O3S/c28-25(31)22-17-24(20-14-8-3-9-15-20)33-27(22)29-26(32)23(30)16-21(18-10-4-1-5-11-18)19-12-6-2-7-13-19/h1-15,17,21H,16H2,(H2,28,31)(H,29,32). The molecule has 1 aromatic heterocycles. The molecule has 3 N–H and O–H groups in total. The summed E-state index contributed by atoms with van der Waals surface area (Å²) in [6.45, 7) is 0. The molecule has 0 bridgehead atoms. The average Bonchev–Trinajstić information content (AvgIpc) is 3.28. The number of nitrogens with one attached hydrogen (secondary N) is 1. The molecule has 0 aliphatic rings. The van der Waals surface area contributed by atoms with E-state index in [-0.39, 0.29) is 22.9 Å². The van der Waals surface area contributed by atoms with Gasteiger partial charge in [-0.3, -0.25) is 14.4 Å². The first-order valence-electron chi connectivity index (χ1n) is 10.5. The Hall–Kier alpha value is -4.03. The van der Waals surface area contributed by atoms with Crippen LogP contribution in [-0.2, 0) is 9.59 Å². The van der Waals surface area contributed by atoms with Gasteiger partial charge in [0.1, 0.15) is 5.00 Å². The first-order chi connectivity index (χ1) is 16.0. The highest BCUT2D eigenvalue weighted by molar-refractivity contribution is 7.20. The summed E-state index contributed by atoms with van der Waals surface area (Å²) in [4.78, 5) is 38.5. The van der Waals surface area contributed by atoms with Crippen molar-refractivity contribution in [2.75, 3.05) is 5.32 Å². The lowest BCUT2D eigenvalue weighted by Gasteiger charge is -2.17. The predicted octanol–water partition coefficient (Wildman–Crippen LogP) is 5.24. The fourth-order valence-electron chi connectivity index (χ4n) is 3.66. The summed E-state index contributed by atoms with van der Waals surface area (Å²) in [5, 5.41) is 2.89. The Morgan fingerprint density at radius 3 is 1.82 bits per heavy atom. The topological polar surface area (TPSA) is 89.3 Å². The maximum absolute atomic E-state index is 12.9. The van der Waals surface area contributed by atoms with E-state index in [2.05, 4.69) is 5.32 Å². The number of carbonyl (C=O) groups is 3. The van der Waals surface area contributed by atoms with E-state index < -0.39 is 17.6 Å². The van der Waals surface area contributed by atoms with Gasteiger partial charge in [0.05, 0.1) is 5.56 Å². The van der Waals surface area contributed by atoms with Crippen molar-refractivity contribution in [3.05, 3.63) is 114 Å². The SMILES string of the molecule is NC(=O)c1cc(-c2ccccc2)sc1NC(=O)C(=O)CC(c1ccccc1)c1ccccc1. The maximum atomic E-state index is 12.9. The second kappa shape index (κ2) is 10.1. The molecule has 0 saturated carbocycles. The van der Waals surface area contributed by atoms with Crippen LogP contribution in [0.3, 0.4) is 0 Å². The number of hydrogen-bond donors (Lipinski definition) is 2. The van der Waals surface area contributed by atoms with E-state index in [4.69, 9.17) is 5.73 Å². The van der Waals surface area contributed by atoms with Gasteiger partial charge < -0.3 is 11.1 Å². The Morgan fingerprint density at radius 1 is 0.788 bits per heavy atom. The molecule has 1 heterocycles. The van der Waals surface area contributed by atoms with Crippen molar-refractivity contribution in [2.24, 2.45) is 5.73 Å². The third-order valence-corrected chi connectivity index (χ3v) is 6.43. The molecule has 2 amide bonds. The summed E-state index contributed by atoms with van der Waals surface area (Å²) in [5.74, 6) is -2.26. The monoisotopic (exact) mass is 454 g/mol. The van der Waals surface area contributed by atoms with E-state index in [9.17, 15) is 14.4 Å². The van der Waals surface area contributed by atoms with Crippen LogP contribution in [0.2, 0.25) is 0 Å². The van der Waals surface area contributed by atoms with E-state index in [0.717, 1.165) is 21.6 Å². The number of thiophene rings is 1. The van der Waals surface area contributed by atoms with Crippen LogP contribution in [0, 0.1) is 0 Å². The number of carbonyl (C=O) groups excluding carboxylic acids is 3. The summed E-state index contributed by atoms with van der Waals surface area (Å²) < 4.78 is 0. The molecule has 0 aliphatic heterocycles. The zero-order valence-electron chi connectivity index (χ0n) is 17.7. The van der Waals surface area contributed by atoms with E-state index in [1.165, 1.54) is 11.3 Å². The fraction of sp³-hybridized carbons (Fsp3) is 0.0741. The molecule has 0 unspecified atom stereocenters. The highest BCUT2D eigenvalue weighted by atomic mass is 32.1. The zero-order chi connectivity index (χ0) is 23.2. The number of benzene rings is 3. The molecule has 0 saturated heterocycles. The number of primary amides is 1. The van der Waals surface area contributed by atoms with Gasteiger partial charge in [0.2, 0.25) is 5.78 Å². The molecule has 164 valence electrons. The molecule has 0 aliphatic carbocycles. The molecule has 0 radical (unpaired) electrons. The van der Waals surface area contributed by atoms with Crippen LogP contribution in [0.5, 0.6) is 0 Å². The minimum absolute atomic E-state index is 0.00266. The molecule has 3 aromatic carbocycles. The first-order valence-corrected chi connectivity index (χ1v) is 11.3. The summed E-state index contributed by atoms with van der Waals surface area (Å²) in [5.41, 5.74) is 8.50. The molecule has 0 spiro atoms. The summed E-state index contributed by atoms with van der Waals surface area (Å²) >= 11 is 1.21. The number of hydrogen-bond acceptors (Lipinski definition) is 4. The maximum Gasteiger partial charge on any atom is 0.292 e. The second-order valence-electron chi connectivity index (χ2n) is 7.54. The van der Waals surface area contributed by atoms with Crippen LogP contribution in [-0.4, -0.2) is 17.6 Å². The van der Waals surface area contributed by atoms with Crippen LogP contribution in [0.4, 0.5) is 5.00 Å². The number of ketones is 1. The van der Waals surface area contributed by atoms with Crippen LogP contribution >= 0.6 is 11.3 Å². The summed E-state index contributed by atoms with van der Waals surface area (Å²) in [6.07, 6.45) is 0.00266. The van der Waals surface area contributed by atoms with Gasteiger partial charge in [-0.25, -0.2) is 0 Å². The zero-order valence-corrected chi connectivity index (χ0v) is 18.5. The molecular formula is C27H22N2O3S. The van der Waals surface area contributed by atoms with Crippen LogP contribution in [0.1, 0.15) is 33.8 Å². The van der Waals surface area contributed by atoms with Crippen LogP contribution < -0.4 is 11.1 Å². The Morgan fingerprint density at radius 2 is 1.30 bits per heavy atom. The van der Waals surface area contributed by atoms with Crippen LogP contribution in [0.15, 0.2) is 97.1 Å². The molecule has 33 heavy (non-hydrogen) atoms. The predicted molar refractivity (Wildman–Crippen MR) is 131 cm³/mol. The van der Waals surface area contributed by atoms with Gasteiger partial charge in [-0.05, 0) is 22.8 Å². The van der Waals surface area contributed by atoms with E-state index in [1.54, 1.807) is 6.07 Å².